The second-order valence-corrected chi connectivity index (χ2v) is 8.87. The van der Waals surface area contributed by atoms with Gasteiger partial charge in [0.05, 0.1) is 31.9 Å². The molecule has 4 atom stereocenters. The van der Waals surface area contributed by atoms with Crippen LogP contribution in [0, 0.1) is 5.92 Å². The zero-order valence-corrected chi connectivity index (χ0v) is 19.1. The Morgan fingerprint density at radius 2 is 1.75 bits per heavy atom. The van der Waals surface area contributed by atoms with Gasteiger partial charge in [0.25, 0.3) is 0 Å². The predicted octanol–water partition coefficient (Wildman–Crippen LogP) is 2.71. The number of amides is 1. The minimum atomic E-state index is -0.519. The molecule has 1 saturated heterocycles. The molecule has 0 aliphatic carbocycles. The maximum Gasteiger partial charge on any atom is 0.336 e. The number of hydrogen-bond donors (Lipinski definition) is 3. The van der Waals surface area contributed by atoms with Gasteiger partial charge in [0, 0.05) is 17.4 Å². The molecule has 8 heteroatoms. The SMILES string of the molecule is COC(=O)C1=C(C)NC2NC(SCc3ccccc3)NC(=O)C2C1c1ccc(OC)cc1. The smallest absolute Gasteiger partial charge is 0.336 e. The normalized spacial score (nSPS) is 24.8. The summed E-state index contributed by atoms with van der Waals surface area (Å²) in [5.41, 5.74) is 2.96. The van der Waals surface area contributed by atoms with E-state index >= 15 is 0 Å². The van der Waals surface area contributed by atoms with E-state index in [0.717, 1.165) is 11.3 Å². The van der Waals surface area contributed by atoms with Crippen molar-refractivity contribution >= 4 is 23.6 Å². The Bertz CT molecular complexity index is 1010. The number of esters is 1. The summed E-state index contributed by atoms with van der Waals surface area (Å²) in [5.74, 6) is -0.0467. The van der Waals surface area contributed by atoms with Gasteiger partial charge in [-0.15, -0.1) is 11.8 Å². The Balaban J connectivity index is 1.61. The number of thioether (sulfide) groups is 1. The Morgan fingerprint density at radius 1 is 1.03 bits per heavy atom. The highest BCUT2D eigenvalue weighted by Gasteiger charge is 2.48. The fourth-order valence-corrected chi connectivity index (χ4v) is 5.30. The lowest BCUT2D eigenvalue weighted by molar-refractivity contribution is -0.137. The third kappa shape index (κ3) is 4.47. The monoisotopic (exact) mass is 453 g/mol. The zero-order valence-electron chi connectivity index (χ0n) is 18.3. The van der Waals surface area contributed by atoms with Crippen LogP contribution in [-0.4, -0.2) is 37.8 Å². The van der Waals surface area contributed by atoms with E-state index < -0.39 is 17.8 Å². The molecule has 4 rings (SSSR count). The van der Waals surface area contributed by atoms with Crippen LogP contribution in [0.25, 0.3) is 0 Å². The van der Waals surface area contributed by atoms with Gasteiger partial charge in [-0.1, -0.05) is 42.5 Å². The highest BCUT2D eigenvalue weighted by molar-refractivity contribution is 7.99. The first-order valence-corrected chi connectivity index (χ1v) is 11.5. The molecule has 4 unspecified atom stereocenters. The third-order valence-electron chi connectivity index (χ3n) is 5.85. The van der Waals surface area contributed by atoms with Crippen LogP contribution >= 0.6 is 11.8 Å². The molecule has 2 heterocycles. The zero-order chi connectivity index (χ0) is 22.7. The van der Waals surface area contributed by atoms with E-state index in [0.29, 0.717) is 17.0 Å². The molecule has 1 fully saturated rings. The number of rotatable bonds is 6. The molecule has 0 spiro atoms. The van der Waals surface area contributed by atoms with Gasteiger partial charge >= 0.3 is 5.97 Å². The Labute approximate surface area is 191 Å². The molecular weight excluding hydrogens is 426 g/mol. The molecule has 2 aliphatic heterocycles. The minimum Gasteiger partial charge on any atom is -0.497 e. The first-order valence-electron chi connectivity index (χ1n) is 10.4. The molecule has 1 amide bonds. The Hall–Kier alpha value is -2.97. The molecule has 0 aromatic heterocycles. The van der Waals surface area contributed by atoms with Crippen molar-refractivity contribution in [2.24, 2.45) is 5.92 Å². The highest BCUT2D eigenvalue weighted by atomic mass is 32.2. The van der Waals surface area contributed by atoms with Gasteiger partial charge in [0.1, 0.15) is 11.2 Å². The van der Waals surface area contributed by atoms with E-state index in [9.17, 15) is 9.59 Å². The lowest BCUT2D eigenvalue weighted by Crippen LogP contribution is -2.67. The van der Waals surface area contributed by atoms with E-state index in [4.69, 9.17) is 9.47 Å². The van der Waals surface area contributed by atoms with Gasteiger partial charge in [-0.25, -0.2) is 4.79 Å². The summed E-state index contributed by atoms with van der Waals surface area (Å²) >= 11 is 1.62. The molecule has 168 valence electrons. The van der Waals surface area contributed by atoms with Crippen LogP contribution in [0.1, 0.15) is 24.0 Å². The van der Waals surface area contributed by atoms with Gasteiger partial charge in [0.15, 0.2) is 0 Å². The summed E-state index contributed by atoms with van der Waals surface area (Å²) in [6, 6.07) is 17.6. The van der Waals surface area contributed by atoms with Gasteiger partial charge in [0.2, 0.25) is 5.91 Å². The van der Waals surface area contributed by atoms with Crippen molar-refractivity contribution in [3.8, 4) is 5.75 Å². The highest BCUT2D eigenvalue weighted by Crippen LogP contribution is 2.41. The number of allylic oxidation sites excluding steroid dienone is 1. The summed E-state index contributed by atoms with van der Waals surface area (Å²) in [4.78, 5) is 26.0. The molecule has 2 aromatic carbocycles. The molecule has 3 N–H and O–H groups in total. The summed E-state index contributed by atoms with van der Waals surface area (Å²) in [7, 11) is 2.96. The van der Waals surface area contributed by atoms with E-state index in [1.54, 1.807) is 18.9 Å². The van der Waals surface area contributed by atoms with Crippen LogP contribution in [0.4, 0.5) is 0 Å². The van der Waals surface area contributed by atoms with Crippen molar-refractivity contribution in [2.75, 3.05) is 14.2 Å². The topological polar surface area (TPSA) is 88.7 Å². The molecule has 32 heavy (non-hydrogen) atoms. The van der Waals surface area contributed by atoms with E-state index in [1.165, 1.54) is 12.7 Å². The number of hydrogen-bond acceptors (Lipinski definition) is 7. The number of benzene rings is 2. The van der Waals surface area contributed by atoms with Gasteiger partial charge in [-0.2, -0.15) is 0 Å². The summed E-state index contributed by atoms with van der Waals surface area (Å²) in [6.45, 7) is 1.85. The van der Waals surface area contributed by atoms with Crippen LogP contribution in [-0.2, 0) is 20.1 Å². The summed E-state index contributed by atoms with van der Waals surface area (Å²) in [6.07, 6.45) is -0.322. The maximum atomic E-state index is 13.3. The second kappa shape index (κ2) is 9.67. The fourth-order valence-electron chi connectivity index (χ4n) is 4.30. The molecule has 0 radical (unpaired) electrons. The first kappa shape index (κ1) is 22.2. The van der Waals surface area contributed by atoms with Crippen molar-refractivity contribution in [3.63, 3.8) is 0 Å². The maximum absolute atomic E-state index is 13.3. The predicted molar refractivity (Wildman–Crippen MR) is 124 cm³/mol. The molecule has 0 saturated carbocycles. The number of fused-ring (bicyclic) bond motifs is 1. The molecule has 2 aliphatic rings. The lowest BCUT2D eigenvalue weighted by atomic mass is 9.74. The molecule has 7 nitrogen and oxygen atoms in total. The van der Waals surface area contributed by atoms with Crippen LogP contribution in [0.2, 0.25) is 0 Å². The average molecular weight is 454 g/mol. The van der Waals surface area contributed by atoms with Gasteiger partial charge in [-0.3, -0.25) is 10.1 Å². The largest absolute Gasteiger partial charge is 0.497 e. The van der Waals surface area contributed by atoms with Crippen molar-refractivity contribution in [1.29, 1.82) is 0 Å². The molecule has 0 bridgehead atoms. The number of nitrogens with one attached hydrogen (secondary N) is 3. The average Bonchev–Trinajstić information content (AvgIpc) is 2.82. The van der Waals surface area contributed by atoms with Crippen molar-refractivity contribution in [2.45, 2.75) is 30.3 Å². The quantitative estimate of drug-likeness (QED) is 0.580. The first-order chi connectivity index (χ1) is 15.5. The second-order valence-electron chi connectivity index (χ2n) is 7.78. The van der Waals surface area contributed by atoms with E-state index in [-0.39, 0.29) is 17.6 Å². The summed E-state index contributed by atoms with van der Waals surface area (Å²) in [5, 5.41) is 9.90. The van der Waals surface area contributed by atoms with Gasteiger partial charge in [-0.05, 0) is 30.2 Å². The number of carbonyl (C=O) groups is 2. The van der Waals surface area contributed by atoms with E-state index in [2.05, 4.69) is 28.1 Å². The van der Waals surface area contributed by atoms with Crippen LogP contribution in [0.3, 0.4) is 0 Å². The number of carbonyl (C=O) groups excluding carboxylic acids is 2. The molecule has 2 aromatic rings. The summed E-state index contributed by atoms with van der Waals surface area (Å²) < 4.78 is 10.3. The Kier molecular flexibility index (Phi) is 6.72. The van der Waals surface area contributed by atoms with Gasteiger partial charge < -0.3 is 20.1 Å². The third-order valence-corrected chi connectivity index (χ3v) is 6.94. The lowest BCUT2D eigenvalue weighted by Gasteiger charge is -2.45. The van der Waals surface area contributed by atoms with Crippen LogP contribution in [0.5, 0.6) is 5.75 Å². The van der Waals surface area contributed by atoms with E-state index in [1.807, 2.05) is 49.4 Å². The number of ether oxygens (including phenoxy) is 2. The number of methoxy groups -OCH3 is 2. The van der Waals surface area contributed by atoms with Crippen molar-refractivity contribution < 1.29 is 19.1 Å². The molecular formula is C24H27N3O4S. The fraction of sp³-hybridized carbons (Fsp3) is 0.333. The van der Waals surface area contributed by atoms with Crippen LogP contribution < -0.4 is 20.7 Å². The van der Waals surface area contributed by atoms with Crippen LogP contribution in [0.15, 0.2) is 65.9 Å². The minimum absolute atomic E-state index is 0.110. The van der Waals surface area contributed by atoms with Crippen molar-refractivity contribution in [1.82, 2.24) is 16.0 Å². The van der Waals surface area contributed by atoms with Crippen molar-refractivity contribution in [3.05, 3.63) is 77.0 Å². The standard InChI is InChI=1S/C24H27N3O4S/c1-14-18(23(29)31-3)19(16-9-11-17(30-2)12-10-16)20-21(25-14)26-24(27-22(20)28)32-13-15-7-5-4-6-8-15/h4-12,19-21,24-26H,13H2,1-3H3,(H,27,28). The Morgan fingerprint density at radius 3 is 2.41 bits per heavy atom.